The van der Waals surface area contributed by atoms with Crippen LogP contribution in [0.5, 0.6) is 0 Å². The summed E-state index contributed by atoms with van der Waals surface area (Å²) < 4.78 is 0. The van der Waals surface area contributed by atoms with Crippen molar-refractivity contribution in [1.29, 1.82) is 0 Å². The van der Waals surface area contributed by atoms with Gasteiger partial charge in [0.15, 0.2) is 0 Å². The summed E-state index contributed by atoms with van der Waals surface area (Å²) in [6.07, 6.45) is 9.05. The number of nitrogens with one attached hydrogen (secondary N) is 1. The van der Waals surface area contributed by atoms with E-state index in [-0.39, 0.29) is 29.8 Å². The molecule has 2 aromatic heterocycles. The number of thiazole rings is 2. The van der Waals surface area contributed by atoms with Crippen molar-refractivity contribution in [2.75, 3.05) is 13.1 Å². The fourth-order valence-corrected chi connectivity index (χ4v) is 9.99. The molecule has 2 saturated heterocycles. The van der Waals surface area contributed by atoms with Crippen LogP contribution in [0.4, 0.5) is 0 Å². The van der Waals surface area contributed by atoms with Crippen LogP contribution in [0, 0.1) is 0 Å². The summed E-state index contributed by atoms with van der Waals surface area (Å²) in [4.78, 5) is 55.6. The molecule has 2 fully saturated rings. The topological polar surface area (TPSA) is 95.5 Å². The molecule has 56 heavy (non-hydrogen) atoms. The number of carbonyl (C=O) groups excluding carboxylic acids is 3. The van der Waals surface area contributed by atoms with E-state index in [1.807, 2.05) is 89.8 Å². The second-order valence-electron chi connectivity index (χ2n) is 14.5. The molecule has 0 spiro atoms. The lowest BCUT2D eigenvalue weighted by molar-refractivity contribution is -0.137. The Morgan fingerprint density at radius 3 is 1.73 bits per heavy atom. The number of nitrogens with zero attached hydrogens (tertiary/aromatic N) is 4. The molecule has 4 aromatic carbocycles. The van der Waals surface area contributed by atoms with Crippen molar-refractivity contribution in [3.63, 3.8) is 0 Å². The largest absolute Gasteiger partial charge is 0.341 e. The number of rotatable bonds is 12. The molecule has 0 radical (unpaired) electrons. The maximum Gasteiger partial charge on any atom is 0.250 e. The third-order valence-electron chi connectivity index (χ3n) is 10.8. The van der Waals surface area contributed by atoms with E-state index in [9.17, 15) is 14.4 Å². The van der Waals surface area contributed by atoms with Gasteiger partial charge in [-0.15, -0.1) is 22.7 Å². The van der Waals surface area contributed by atoms with Gasteiger partial charge < -0.3 is 15.1 Å². The average Bonchev–Trinajstić information content (AvgIpc) is 4.08. The lowest BCUT2D eigenvalue weighted by Gasteiger charge is -2.28. The van der Waals surface area contributed by atoms with Crippen molar-refractivity contribution in [3.8, 4) is 32.0 Å². The quantitative estimate of drug-likeness (QED) is 0.134. The number of carbonyl (C=O) groups is 3. The van der Waals surface area contributed by atoms with Crippen molar-refractivity contribution in [2.45, 2.75) is 70.0 Å². The van der Waals surface area contributed by atoms with Gasteiger partial charge in [0.2, 0.25) is 17.7 Å². The van der Waals surface area contributed by atoms with E-state index in [1.54, 1.807) is 22.7 Å². The summed E-state index contributed by atoms with van der Waals surface area (Å²) in [6.45, 7) is 3.38. The summed E-state index contributed by atoms with van der Waals surface area (Å²) in [6, 6.07) is 35.8. The number of likely N-dealkylation sites (tertiary alicyclic amines) is 2. The first-order valence-electron chi connectivity index (χ1n) is 19.6. The smallest absolute Gasteiger partial charge is 0.250 e. The van der Waals surface area contributed by atoms with Crippen LogP contribution < -0.4 is 5.32 Å². The molecule has 0 saturated carbocycles. The van der Waals surface area contributed by atoms with Crippen LogP contribution in [0.3, 0.4) is 0 Å². The first kappa shape index (κ1) is 37.5. The van der Waals surface area contributed by atoms with Crippen molar-refractivity contribution in [2.24, 2.45) is 0 Å². The lowest BCUT2D eigenvalue weighted by atomic mass is 10.0. The lowest BCUT2D eigenvalue weighted by Crippen LogP contribution is -2.42. The van der Waals surface area contributed by atoms with E-state index in [2.05, 4.69) is 53.8 Å². The van der Waals surface area contributed by atoms with Gasteiger partial charge in [-0.3, -0.25) is 14.4 Å². The van der Waals surface area contributed by atoms with Crippen LogP contribution in [0.2, 0.25) is 0 Å². The van der Waals surface area contributed by atoms with Gasteiger partial charge in [-0.2, -0.15) is 0 Å². The van der Waals surface area contributed by atoms with Gasteiger partial charge in [-0.25, -0.2) is 9.97 Å². The van der Waals surface area contributed by atoms with Crippen LogP contribution in [0.15, 0.2) is 122 Å². The minimum atomic E-state index is -0.721. The minimum absolute atomic E-state index is 0.0357. The molecule has 3 amide bonds. The van der Waals surface area contributed by atoms with Crippen LogP contribution in [0.1, 0.15) is 84.7 Å². The Bertz CT molecular complexity index is 2270. The van der Waals surface area contributed by atoms with Gasteiger partial charge >= 0.3 is 0 Å². The highest BCUT2D eigenvalue weighted by molar-refractivity contribution is 7.15. The maximum atomic E-state index is 14.0. The van der Waals surface area contributed by atoms with Gasteiger partial charge in [0.25, 0.3) is 0 Å². The molecule has 8 rings (SSSR count). The zero-order valence-corrected chi connectivity index (χ0v) is 33.1. The number of hydrogen-bond donors (Lipinski definition) is 1. The Kier molecular flexibility index (Phi) is 11.5. The highest BCUT2D eigenvalue weighted by Crippen LogP contribution is 2.40. The molecular formula is C46H45N5O3S2. The number of hydrogen-bond acceptors (Lipinski definition) is 7. The van der Waals surface area contributed by atoms with E-state index in [0.717, 1.165) is 91.8 Å². The maximum absolute atomic E-state index is 14.0. The van der Waals surface area contributed by atoms with Crippen LogP contribution in [-0.2, 0) is 20.8 Å². The number of benzene rings is 4. The second kappa shape index (κ2) is 17.1. The monoisotopic (exact) mass is 779 g/mol. The minimum Gasteiger partial charge on any atom is -0.341 e. The van der Waals surface area contributed by atoms with Crippen LogP contribution >= 0.6 is 22.7 Å². The van der Waals surface area contributed by atoms with Crippen LogP contribution in [0.25, 0.3) is 32.0 Å². The van der Waals surface area contributed by atoms with E-state index < -0.39 is 6.04 Å². The molecule has 1 N–H and O–H groups in total. The van der Waals surface area contributed by atoms with Gasteiger partial charge in [0.1, 0.15) is 16.1 Å². The summed E-state index contributed by atoms with van der Waals surface area (Å²) in [5.41, 5.74) is 6.28. The molecule has 284 valence electrons. The second-order valence-corrected chi connectivity index (χ2v) is 16.7. The molecular weight excluding hydrogens is 735 g/mol. The molecule has 2 aliphatic rings. The Balaban J connectivity index is 0.919. The predicted molar refractivity (Wildman–Crippen MR) is 224 cm³/mol. The molecule has 3 atom stereocenters. The Morgan fingerprint density at radius 1 is 0.679 bits per heavy atom. The Morgan fingerprint density at radius 2 is 1.18 bits per heavy atom. The molecule has 10 heteroatoms. The summed E-state index contributed by atoms with van der Waals surface area (Å²) in [5.74, 6) is -0.0368. The fourth-order valence-electron chi connectivity index (χ4n) is 7.84. The first-order chi connectivity index (χ1) is 27.4. The van der Waals surface area contributed by atoms with Gasteiger partial charge in [0.05, 0.1) is 28.3 Å². The van der Waals surface area contributed by atoms with E-state index in [1.165, 1.54) is 0 Å². The number of aromatic nitrogens is 2. The van der Waals surface area contributed by atoms with E-state index in [0.29, 0.717) is 19.4 Å². The van der Waals surface area contributed by atoms with Crippen molar-refractivity contribution >= 4 is 40.4 Å². The first-order valence-corrected chi connectivity index (χ1v) is 21.2. The van der Waals surface area contributed by atoms with E-state index >= 15 is 0 Å². The summed E-state index contributed by atoms with van der Waals surface area (Å²) in [7, 11) is 0. The molecule has 4 heterocycles. The SMILES string of the molecule is CCCC(=O)N[C@H](C(=O)N1CCC[C@H]1c1ncc(-c2ccc(-c3ccc(-c4cnc([C@@H]5CCCN5C(=O)Cc5ccccc5)s4)cc3)cc2)s1)c1ccccc1. The highest BCUT2D eigenvalue weighted by Gasteiger charge is 2.37. The standard InChI is InChI=1S/C46H45N5O3S2/c1-2-11-41(52)49-43(36-14-7-4-8-15-36)46(54)51-27-10-17-38(51)45-48-30-40(56-45)35-24-20-33(21-25-35)32-18-22-34(23-19-32)39-29-47-44(55-39)37-16-9-26-50(37)42(53)28-31-12-5-3-6-13-31/h3-8,12-15,18-25,29-30,37-38,43H,2,9-11,16-17,26-28H2,1H3,(H,49,52)/t37-,38-,43-/m0/s1. The zero-order valence-electron chi connectivity index (χ0n) is 31.5. The van der Waals surface area contributed by atoms with Gasteiger partial charge in [0, 0.05) is 31.9 Å². The molecule has 2 aliphatic heterocycles. The summed E-state index contributed by atoms with van der Waals surface area (Å²) in [5, 5.41) is 4.93. The summed E-state index contributed by atoms with van der Waals surface area (Å²) >= 11 is 3.31. The van der Waals surface area contributed by atoms with Crippen LogP contribution in [-0.4, -0.2) is 50.6 Å². The number of amides is 3. The highest BCUT2D eigenvalue weighted by atomic mass is 32.1. The third kappa shape index (κ3) is 8.22. The Hall–Kier alpha value is -5.45. The van der Waals surface area contributed by atoms with Crippen molar-refractivity contribution in [1.82, 2.24) is 25.1 Å². The molecule has 0 aliphatic carbocycles. The zero-order chi connectivity index (χ0) is 38.4. The van der Waals surface area contributed by atoms with Gasteiger partial charge in [-0.1, -0.05) is 116 Å². The van der Waals surface area contributed by atoms with Crippen molar-refractivity contribution < 1.29 is 14.4 Å². The molecule has 6 aromatic rings. The van der Waals surface area contributed by atoms with Crippen molar-refractivity contribution in [3.05, 3.63) is 143 Å². The molecule has 0 bridgehead atoms. The molecule has 8 nitrogen and oxygen atoms in total. The average molecular weight is 780 g/mol. The predicted octanol–water partition coefficient (Wildman–Crippen LogP) is 9.83. The third-order valence-corrected chi connectivity index (χ3v) is 13.1. The van der Waals surface area contributed by atoms with E-state index in [4.69, 9.17) is 9.97 Å². The van der Waals surface area contributed by atoms with Gasteiger partial charge in [-0.05, 0) is 65.5 Å². The Labute approximate surface area is 336 Å². The fraction of sp³-hybridized carbons (Fsp3) is 0.283. The molecule has 0 unspecified atom stereocenters. The normalized spacial score (nSPS) is 17.2.